The summed E-state index contributed by atoms with van der Waals surface area (Å²) in [6.07, 6.45) is 2.51. The molecule has 0 amide bonds. The standard InChI is InChI=1S/C13H19ClN2O2S/c1-2-3-10-4-5-12(14)13(8-10)19(17,18)16-7-6-11(15)9-16/h4-5,8,11H,2-3,6-7,9,15H2,1H3. The van der Waals surface area contributed by atoms with Gasteiger partial charge in [-0.2, -0.15) is 4.31 Å². The summed E-state index contributed by atoms with van der Waals surface area (Å²) in [5, 5.41) is 0.278. The van der Waals surface area contributed by atoms with Crippen LogP contribution in [0.4, 0.5) is 0 Å². The molecule has 1 atom stereocenters. The number of hydrogen-bond acceptors (Lipinski definition) is 3. The summed E-state index contributed by atoms with van der Waals surface area (Å²) in [5.41, 5.74) is 6.77. The van der Waals surface area contributed by atoms with E-state index in [9.17, 15) is 8.42 Å². The zero-order chi connectivity index (χ0) is 14.0. The molecule has 2 N–H and O–H groups in total. The van der Waals surface area contributed by atoms with Gasteiger partial charge in [0.05, 0.1) is 5.02 Å². The predicted molar refractivity (Wildman–Crippen MR) is 76.8 cm³/mol. The molecule has 1 saturated heterocycles. The van der Waals surface area contributed by atoms with Gasteiger partial charge in [0, 0.05) is 19.1 Å². The zero-order valence-electron chi connectivity index (χ0n) is 11.0. The van der Waals surface area contributed by atoms with E-state index in [1.807, 2.05) is 6.07 Å². The number of nitrogens with zero attached hydrogens (tertiary/aromatic N) is 1. The maximum atomic E-state index is 12.5. The van der Waals surface area contributed by atoms with E-state index < -0.39 is 10.0 Å². The van der Waals surface area contributed by atoms with Crippen molar-refractivity contribution in [3.63, 3.8) is 0 Å². The first-order valence-corrected chi connectivity index (χ1v) is 8.31. The lowest BCUT2D eigenvalue weighted by molar-refractivity contribution is 0.472. The molecule has 1 aromatic carbocycles. The number of rotatable bonds is 4. The van der Waals surface area contributed by atoms with Gasteiger partial charge in [-0.05, 0) is 30.5 Å². The Bertz CT molecular complexity index is 560. The minimum absolute atomic E-state index is 0.0765. The Morgan fingerprint density at radius 1 is 1.47 bits per heavy atom. The van der Waals surface area contributed by atoms with Crippen LogP contribution in [0.3, 0.4) is 0 Å². The van der Waals surface area contributed by atoms with E-state index in [0.717, 1.165) is 18.4 Å². The average Bonchev–Trinajstić information content (AvgIpc) is 2.79. The molecule has 1 aliphatic rings. The minimum atomic E-state index is -3.52. The quantitative estimate of drug-likeness (QED) is 0.925. The molecular weight excluding hydrogens is 284 g/mol. The van der Waals surface area contributed by atoms with Crippen molar-refractivity contribution in [2.45, 2.75) is 37.1 Å². The largest absolute Gasteiger partial charge is 0.326 e. The van der Waals surface area contributed by atoms with Crippen LogP contribution < -0.4 is 5.73 Å². The van der Waals surface area contributed by atoms with Gasteiger partial charge in [0.15, 0.2) is 0 Å². The summed E-state index contributed by atoms with van der Waals surface area (Å²) in [7, 11) is -3.52. The molecule has 0 bridgehead atoms. The smallest absolute Gasteiger partial charge is 0.244 e. The Balaban J connectivity index is 2.36. The molecule has 106 valence electrons. The molecule has 0 spiro atoms. The normalized spacial score (nSPS) is 20.9. The van der Waals surface area contributed by atoms with Crippen molar-refractivity contribution in [2.75, 3.05) is 13.1 Å². The summed E-state index contributed by atoms with van der Waals surface area (Å²) >= 11 is 6.06. The molecule has 2 rings (SSSR count). The number of nitrogens with two attached hydrogens (primary N) is 1. The van der Waals surface area contributed by atoms with Gasteiger partial charge in [0.25, 0.3) is 0 Å². The van der Waals surface area contributed by atoms with Crippen LogP contribution in [-0.2, 0) is 16.4 Å². The lowest BCUT2D eigenvalue weighted by atomic mass is 10.1. The Morgan fingerprint density at radius 3 is 2.79 bits per heavy atom. The van der Waals surface area contributed by atoms with E-state index in [4.69, 9.17) is 17.3 Å². The molecule has 0 aliphatic carbocycles. The van der Waals surface area contributed by atoms with Crippen molar-refractivity contribution < 1.29 is 8.42 Å². The fourth-order valence-corrected chi connectivity index (χ4v) is 4.34. The molecule has 6 heteroatoms. The van der Waals surface area contributed by atoms with Crippen LogP contribution in [0.15, 0.2) is 23.1 Å². The first-order valence-electron chi connectivity index (χ1n) is 6.49. The highest BCUT2D eigenvalue weighted by molar-refractivity contribution is 7.89. The lowest BCUT2D eigenvalue weighted by Gasteiger charge is -2.17. The Hall–Kier alpha value is -0.620. The predicted octanol–water partition coefficient (Wildman–Crippen LogP) is 2.01. The fraction of sp³-hybridized carbons (Fsp3) is 0.538. The molecule has 1 unspecified atom stereocenters. The van der Waals surface area contributed by atoms with E-state index in [0.29, 0.717) is 19.5 Å². The molecule has 1 aliphatic heterocycles. The molecule has 1 heterocycles. The average molecular weight is 303 g/mol. The third kappa shape index (κ3) is 3.11. The topological polar surface area (TPSA) is 63.4 Å². The van der Waals surface area contributed by atoms with Gasteiger partial charge in [-0.25, -0.2) is 8.42 Å². The van der Waals surface area contributed by atoms with Crippen molar-refractivity contribution in [2.24, 2.45) is 5.73 Å². The highest BCUT2D eigenvalue weighted by Gasteiger charge is 2.32. The molecule has 0 radical (unpaired) electrons. The van der Waals surface area contributed by atoms with E-state index in [1.54, 1.807) is 12.1 Å². The number of benzene rings is 1. The second-order valence-corrected chi connectivity index (χ2v) is 7.24. The molecule has 19 heavy (non-hydrogen) atoms. The fourth-order valence-electron chi connectivity index (χ4n) is 2.30. The second kappa shape index (κ2) is 5.79. The van der Waals surface area contributed by atoms with Crippen molar-refractivity contribution in [1.82, 2.24) is 4.31 Å². The number of aryl methyl sites for hydroxylation is 1. The highest BCUT2D eigenvalue weighted by Crippen LogP contribution is 2.28. The summed E-state index contributed by atoms with van der Waals surface area (Å²) in [6.45, 7) is 2.90. The first-order chi connectivity index (χ1) is 8.95. The molecule has 0 saturated carbocycles. The van der Waals surface area contributed by atoms with Crippen molar-refractivity contribution >= 4 is 21.6 Å². The van der Waals surface area contributed by atoms with Crippen LogP contribution in [0.2, 0.25) is 5.02 Å². The Kier molecular flexibility index (Phi) is 4.50. The van der Waals surface area contributed by atoms with E-state index in [1.165, 1.54) is 4.31 Å². The number of hydrogen-bond donors (Lipinski definition) is 1. The van der Waals surface area contributed by atoms with Crippen LogP contribution in [0.25, 0.3) is 0 Å². The third-order valence-electron chi connectivity index (χ3n) is 3.34. The van der Waals surface area contributed by atoms with Gasteiger partial charge in [-0.3, -0.25) is 0 Å². The van der Waals surface area contributed by atoms with Crippen molar-refractivity contribution in [3.05, 3.63) is 28.8 Å². The molecular formula is C13H19ClN2O2S. The van der Waals surface area contributed by atoms with Gasteiger partial charge in [0.1, 0.15) is 4.90 Å². The van der Waals surface area contributed by atoms with Crippen LogP contribution in [0.1, 0.15) is 25.3 Å². The van der Waals surface area contributed by atoms with E-state index in [2.05, 4.69) is 6.92 Å². The van der Waals surface area contributed by atoms with E-state index in [-0.39, 0.29) is 16.0 Å². The zero-order valence-corrected chi connectivity index (χ0v) is 12.5. The van der Waals surface area contributed by atoms with Gasteiger partial charge < -0.3 is 5.73 Å². The van der Waals surface area contributed by atoms with Crippen LogP contribution in [0, 0.1) is 0 Å². The second-order valence-electron chi connectivity index (χ2n) is 4.93. The van der Waals surface area contributed by atoms with Crippen LogP contribution in [-0.4, -0.2) is 31.9 Å². The molecule has 1 aromatic rings. The first kappa shape index (κ1) is 14.8. The van der Waals surface area contributed by atoms with Gasteiger partial charge in [-0.15, -0.1) is 0 Å². The van der Waals surface area contributed by atoms with Crippen molar-refractivity contribution in [3.8, 4) is 0 Å². The molecule has 1 fully saturated rings. The molecule has 4 nitrogen and oxygen atoms in total. The van der Waals surface area contributed by atoms with Crippen molar-refractivity contribution in [1.29, 1.82) is 0 Å². The Morgan fingerprint density at radius 2 is 2.21 bits per heavy atom. The van der Waals surface area contributed by atoms with Gasteiger partial charge in [-0.1, -0.05) is 31.0 Å². The summed E-state index contributed by atoms with van der Waals surface area (Å²) in [5.74, 6) is 0. The van der Waals surface area contributed by atoms with Gasteiger partial charge in [0.2, 0.25) is 10.0 Å². The number of sulfonamides is 1. The SMILES string of the molecule is CCCc1ccc(Cl)c(S(=O)(=O)N2CCC(N)C2)c1. The highest BCUT2D eigenvalue weighted by atomic mass is 35.5. The monoisotopic (exact) mass is 302 g/mol. The Labute approximate surface area is 119 Å². The van der Waals surface area contributed by atoms with Crippen LogP contribution >= 0.6 is 11.6 Å². The van der Waals surface area contributed by atoms with E-state index >= 15 is 0 Å². The third-order valence-corrected chi connectivity index (χ3v) is 5.69. The summed E-state index contributed by atoms with van der Waals surface area (Å²) < 4.78 is 26.5. The van der Waals surface area contributed by atoms with Gasteiger partial charge >= 0.3 is 0 Å². The maximum Gasteiger partial charge on any atom is 0.244 e. The summed E-state index contributed by atoms with van der Waals surface area (Å²) in [4.78, 5) is 0.203. The van der Waals surface area contributed by atoms with Crippen LogP contribution in [0.5, 0.6) is 0 Å². The minimum Gasteiger partial charge on any atom is -0.326 e. The lowest BCUT2D eigenvalue weighted by Crippen LogP contribution is -2.32. The number of halogens is 1. The molecule has 0 aromatic heterocycles. The summed E-state index contributed by atoms with van der Waals surface area (Å²) in [6, 6.07) is 5.15. The maximum absolute atomic E-state index is 12.5.